The second-order valence-electron chi connectivity index (χ2n) is 4.90. The number of nitrogens with one attached hydrogen (secondary N) is 1. The molecule has 0 saturated heterocycles. The summed E-state index contributed by atoms with van der Waals surface area (Å²) in [6, 6.07) is 1.50. The number of rotatable bonds is 4. The molecule has 13 heteroatoms. The number of amides is 2. The van der Waals surface area contributed by atoms with Gasteiger partial charge in [0.2, 0.25) is 11.9 Å². The molecule has 0 bridgehead atoms. The number of nitrogens with zero attached hydrogens (tertiary/aromatic N) is 5. The first kappa shape index (κ1) is 19.6. The van der Waals surface area contributed by atoms with Crippen LogP contribution in [0.25, 0.3) is 0 Å². The molecule has 26 heavy (non-hydrogen) atoms. The largest absolute Gasteiger partial charge is 0.418 e. The summed E-state index contributed by atoms with van der Waals surface area (Å²) in [5.41, 5.74) is -2.37. The zero-order valence-corrected chi connectivity index (χ0v) is 14.4. The van der Waals surface area contributed by atoms with Crippen LogP contribution in [0.5, 0.6) is 0 Å². The minimum absolute atomic E-state index is 0.0531. The van der Waals surface area contributed by atoms with E-state index in [2.05, 4.69) is 20.8 Å². The number of tetrazole rings is 1. The minimum atomic E-state index is -4.84. The number of anilines is 2. The highest BCUT2D eigenvalue weighted by Gasteiger charge is 2.38. The first-order chi connectivity index (χ1) is 12.1. The van der Waals surface area contributed by atoms with Crippen LogP contribution in [0.3, 0.4) is 0 Å². The zero-order chi connectivity index (χ0) is 19.6. The monoisotopic (exact) mass is 392 g/mol. The van der Waals surface area contributed by atoms with Gasteiger partial charge in [-0.05, 0) is 22.6 Å². The van der Waals surface area contributed by atoms with Crippen molar-refractivity contribution in [3.63, 3.8) is 0 Å². The summed E-state index contributed by atoms with van der Waals surface area (Å²) in [6.07, 6.45) is -4.84. The van der Waals surface area contributed by atoms with Crippen LogP contribution in [0.15, 0.2) is 12.1 Å². The smallest absolute Gasteiger partial charge is 0.289 e. The molecule has 2 rings (SSSR count). The number of halogens is 4. The lowest BCUT2D eigenvalue weighted by Crippen LogP contribution is -2.30. The van der Waals surface area contributed by atoms with Gasteiger partial charge >= 0.3 is 6.18 Å². The van der Waals surface area contributed by atoms with Crippen LogP contribution < -0.4 is 10.4 Å². The molecular weight excluding hydrogens is 381 g/mol. The highest BCUT2D eigenvalue weighted by Crippen LogP contribution is 2.42. The van der Waals surface area contributed by atoms with Gasteiger partial charge in [0.05, 0.1) is 23.3 Å². The number of carbonyl (C=O) groups is 2. The maximum Gasteiger partial charge on any atom is 0.418 e. The molecule has 0 unspecified atom stereocenters. The number of aromatic nitrogens is 4. The molecule has 0 fully saturated rings. The zero-order valence-electron chi connectivity index (χ0n) is 13.6. The Morgan fingerprint density at radius 3 is 2.46 bits per heavy atom. The molecule has 1 aromatic carbocycles. The predicted octanol–water partition coefficient (Wildman–Crippen LogP) is 2.05. The third kappa shape index (κ3) is 3.75. The lowest BCUT2D eigenvalue weighted by atomic mass is 10.1. The van der Waals surface area contributed by atoms with Gasteiger partial charge in [-0.1, -0.05) is 16.7 Å². The summed E-state index contributed by atoms with van der Waals surface area (Å²) < 4.78 is 41.0. The fourth-order valence-corrected chi connectivity index (χ4v) is 2.38. The molecule has 0 radical (unpaired) electrons. The molecule has 0 saturated carbocycles. The van der Waals surface area contributed by atoms with Crippen LogP contribution in [0, 0.1) is 0 Å². The Labute approximate surface area is 149 Å². The van der Waals surface area contributed by atoms with Crippen LogP contribution in [-0.4, -0.2) is 39.1 Å². The fraction of sp³-hybridized carbons (Fsp3) is 0.308. The first-order valence-electron chi connectivity index (χ1n) is 6.86. The van der Waals surface area contributed by atoms with Crippen molar-refractivity contribution in [1.82, 2.24) is 20.2 Å². The summed E-state index contributed by atoms with van der Waals surface area (Å²) in [5, 5.41) is 12.4. The molecule has 1 heterocycles. The Bertz CT molecular complexity index is 854. The predicted molar refractivity (Wildman–Crippen MR) is 83.4 cm³/mol. The normalized spacial score (nSPS) is 11.3. The van der Waals surface area contributed by atoms with Crippen molar-refractivity contribution < 1.29 is 27.6 Å². The van der Waals surface area contributed by atoms with E-state index in [1.807, 2.05) is 0 Å². The van der Waals surface area contributed by atoms with Crippen LogP contribution in [0.4, 0.5) is 24.8 Å². The van der Waals surface area contributed by atoms with Crippen molar-refractivity contribution >= 4 is 35.1 Å². The van der Waals surface area contributed by atoms with Gasteiger partial charge in [0.15, 0.2) is 0 Å². The van der Waals surface area contributed by atoms with Crippen LogP contribution in [0.1, 0.15) is 22.8 Å². The Morgan fingerprint density at radius 1 is 1.35 bits per heavy atom. The number of hydrogen-bond donors (Lipinski definition) is 1. The molecule has 2 aromatic rings. The Kier molecular flexibility index (Phi) is 5.47. The molecule has 0 aliphatic heterocycles. The summed E-state index contributed by atoms with van der Waals surface area (Å²) in [5.74, 6) is -1.79. The lowest BCUT2D eigenvalue weighted by molar-refractivity contribution is -0.138. The SMILES string of the molecule is CON(C(C)=O)c1c(C(F)(F)F)ccc(C(=O)Nc2nnnn2C)c1Cl. The third-order valence-corrected chi connectivity index (χ3v) is 3.57. The number of benzene rings is 1. The lowest BCUT2D eigenvalue weighted by Gasteiger charge is -2.24. The van der Waals surface area contributed by atoms with E-state index in [9.17, 15) is 22.8 Å². The van der Waals surface area contributed by atoms with Crippen molar-refractivity contribution in [2.45, 2.75) is 13.1 Å². The van der Waals surface area contributed by atoms with Gasteiger partial charge < -0.3 is 0 Å². The average Bonchev–Trinajstić information content (AvgIpc) is 2.93. The van der Waals surface area contributed by atoms with Crippen LogP contribution in [-0.2, 0) is 22.9 Å². The Morgan fingerprint density at radius 2 is 2.00 bits per heavy atom. The highest BCUT2D eigenvalue weighted by molar-refractivity contribution is 6.37. The third-order valence-electron chi connectivity index (χ3n) is 3.18. The van der Waals surface area contributed by atoms with Crippen LogP contribution in [0.2, 0.25) is 5.02 Å². The standard InChI is InChI=1S/C13H12ClF3N6O3/c1-6(24)23(26-3)10-8(13(15,16)17)5-4-7(9(10)14)11(25)18-12-19-20-21-22(12)2/h4-5H,1-3H3,(H,18,19,21,25). The van der Waals surface area contributed by atoms with Gasteiger partial charge in [-0.25, -0.2) is 4.68 Å². The van der Waals surface area contributed by atoms with Crippen molar-refractivity contribution in [1.29, 1.82) is 0 Å². The van der Waals surface area contributed by atoms with Gasteiger partial charge in [0.1, 0.15) is 5.69 Å². The average molecular weight is 393 g/mol. The molecule has 2 amide bonds. The molecule has 0 spiro atoms. The molecule has 1 aromatic heterocycles. The maximum absolute atomic E-state index is 13.3. The first-order valence-corrected chi connectivity index (χ1v) is 7.24. The second kappa shape index (κ2) is 7.25. The van der Waals surface area contributed by atoms with Gasteiger partial charge in [-0.3, -0.25) is 19.7 Å². The second-order valence-corrected chi connectivity index (χ2v) is 5.28. The summed E-state index contributed by atoms with van der Waals surface area (Å²) in [4.78, 5) is 28.7. The van der Waals surface area contributed by atoms with E-state index in [1.165, 1.54) is 7.05 Å². The molecule has 1 N–H and O–H groups in total. The number of hydroxylamine groups is 1. The number of alkyl halides is 3. The summed E-state index contributed by atoms with van der Waals surface area (Å²) >= 11 is 6.02. The van der Waals surface area contributed by atoms with E-state index in [-0.39, 0.29) is 11.5 Å². The van der Waals surface area contributed by atoms with E-state index in [0.29, 0.717) is 11.1 Å². The van der Waals surface area contributed by atoms with Crippen LogP contribution >= 0.6 is 11.6 Å². The highest BCUT2D eigenvalue weighted by atomic mass is 35.5. The van der Waals surface area contributed by atoms with E-state index >= 15 is 0 Å². The Hall–Kier alpha value is -2.73. The van der Waals surface area contributed by atoms with E-state index in [0.717, 1.165) is 24.8 Å². The van der Waals surface area contributed by atoms with Crippen molar-refractivity contribution in [3.05, 3.63) is 28.3 Å². The molecule has 0 aliphatic rings. The van der Waals surface area contributed by atoms with E-state index in [1.54, 1.807) is 0 Å². The molecular formula is C13H12ClF3N6O3. The maximum atomic E-state index is 13.3. The van der Waals surface area contributed by atoms with E-state index < -0.39 is 34.3 Å². The number of aryl methyl sites for hydroxylation is 1. The quantitative estimate of drug-likeness (QED) is 0.799. The van der Waals surface area contributed by atoms with Gasteiger partial charge in [-0.15, -0.1) is 0 Å². The van der Waals surface area contributed by atoms with Crippen molar-refractivity contribution in [3.8, 4) is 0 Å². The molecule has 140 valence electrons. The van der Waals surface area contributed by atoms with Gasteiger partial charge in [0, 0.05) is 14.0 Å². The van der Waals surface area contributed by atoms with Crippen molar-refractivity contribution in [2.24, 2.45) is 7.05 Å². The Balaban J connectivity index is 2.57. The summed E-state index contributed by atoms with van der Waals surface area (Å²) in [7, 11) is 2.44. The van der Waals surface area contributed by atoms with Gasteiger partial charge in [-0.2, -0.15) is 18.2 Å². The summed E-state index contributed by atoms with van der Waals surface area (Å²) in [6.45, 7) is 0.984. The van der Waals surface area contributed by atoms with E-state index in [4.69, 9.17) is 16.4 Å². The van der Waals surface area contributed by atoms with Gasteiger partial charge in [0.25, 0.3) is 5.91 Å². The minimum Gasteiger partial charge on any atom is -0.289 e. The molecule has 9 nitrogen and oxygen atoms in total. The number of hydrogen-bond acceptors (Lipinski definition) is 6. The molecule has 0 atom stereocenters. The fourth-order valence-electron chi connectivity index (χ4n) is 2.05. The number of carbonyl (C=O) groups excluding carboxylic acids is 2. The van der Waals surface area contributed by atoms with Crippen molar-refractivity contribution in [2.75, 3.05) is 17.5 Å². The topological polar surface area (TPSA) is 102 Å². The molecule has 0 aliphatic carbocycles.